The Labute approximate surface area is 197 Å². The maximum atomic E-state index is 13.5. The van der Waals surface area contributed by atoms with Crippen molar-refractivity contribution in [2.24, 2.45) is 7.05 Å². The number of rotatable bonds is 7. The van der Waals surface area contributed by atoms with E-state index in [9.17, 15) is 18.0 Å². The van der Waals surface area contributed by atoms with E-state index < -0.39 is 9.84 Å². The average Bonchev–Trinajstić information content (AvgIpc) is 2.74. The number of carbonyl (C=O) groups is 1. The topological polar surface area (TPSA) is 73.2 Å². The maximum absolute atomic E-state index is 13.5. The molecule has 3 rings (SSSR count). The van der Waals surface area contributed by atoms with Gasteiger partial charge in [-0.2, -0.15) is 0 Å². The van der Waals surface area contributed by atoms with E-state index in [2.05, 4.69) is 0 Å². The van der Waals surface area contributed by atoms with E-state index in [1.807, 2.05) is 6.92 Å². The van der Waals surface area contributed by atoms with Gasteiger partial charge in [0, 0.05) is 36.2 Å². The van der Waals surface area contributed by atoms with Gasteiger partial charge in [-0.1, -0.05) is 55.2 Å². The number of halogens is 2. The molecule has 0 N–H and O–H groups in total. The lowest BCUT2D eigenvalue weighted by atomic mass is 9.90. The summed E-state index contributed by atoms with van der Waals surface area (Å²) in [6, 6.07) is 11.3. The predicted octanol–water partition coefficient (Wildman–Crippen LogP) is 5.09. The standard InChI is InChI=1S/C24H23Cl2NO4S/c1-4-16-12-22(28)27(3)13-19(16)18-11-15(14-32(30,31)5-2)9-10-17(18)24(29)23-20(25)7-6-8-21(23)26/h6-13H,4-5,14H2,1-3H3. The summed E-state index contributed by atoms with van der Waals surface area (Å²) < 4.78 is 25.9. The Hall–Kier alpha value is -2.41. The van der Waals surface area contributed by atoms with Gasteiger partial charge in [0.25, 0.3) is 5.56 Å². The number of pyridine rings is 1. The summed E-state index contributed by atoms with van der Waals surface area (Å²) in [6.45, 7) is 3.51. The van der Waals surface area contributed by atoms with Crippen LogP contribution in [0.3, 0.4) is 0 Å². The number of aromatic nitrogens is 1. The van der Waals surface area contributed by atoms with Crippen molar-refractivity contribution >= 4 is 38.8 Å². The van der Waals surface area contributed by atoms with Gasteiger partial charge in [0.1, 0.15) is 0 Å². The van der Waals surface area contributed by atoms with Gasteiger partial charge in [0.2, 0.25) is 0 Å². The largest absolute Gasteiger partial charge is 0.318 e. The zero-order valence-electron chi connectivity index (χ0n) is 18.0. The Bertz CT molecular complexity index is 1340. The molecule has 0 amide bonds. The van der Waals surface area contributed by atoms with Crippen molar-refractivity contribution in [1.82, 2.24) is 4.57 Å². The van der Waals surface area contributed by atoms with Crippen molar-refractivity contribution in [3.05, 3.63) is 91.3 Å². The fourth-order valence-electron chi connectivity index (χ4n) is 3.51. The highest BCUT2D eigenvalue weighted by Crippen LogP contribution is 2.33. The van der Waals surface area contributed by atoms with Gasteiger partial charge < -0.3 is 4.57 Å². The van der Waals surface area contributed by atoms with Gasteiger partial charge in [-0.05, 0) is 41.3 Å². The Morgan fingerprint density at radius 1 is 1.00 bits per heavy atom. The fourth-order valence-corrected chi connectivity index (χ4v) is 4.97. The van der Waals surface area contributed by atoms with Crippen LogP contribution >= 0.6 is 23.2 Å². The SMILES string of the molecule is CCc1cc(=O)n(C)cc1-c1cc(CS(=O)(=O)CC)ccc1C(=O)c1c(Cl)cccc1Cl. The molecule has 0 atom stereocenters. The average molecular weight is 492 g/mol. The fraction of sp³-hybridized carbons (Fsp3) is 0.250. The minimum Gasteiger partial charge on any atom is -0.318 e. The minimum absolute atomic E-state index is 0.0122. The van der Waals surface area contributed by atoms with Crippen LogP contribution in [0.5, 0.6) is 0 Å². The lowest BCUT2D eigenvalue weighted by molar-refractivity contribution is 0.103. The van der Waals surface area contributed by atoms with Crippen molar-refractivity contribution in [2.75, 3.05) is 5.75 Å². The van der Waals surface area contributed by atoms with Crippen LogP contribution in [0.1, 0.15) is 40.9 Å². The highest BCUT2D eigenvalue weighted by molar-refractivity contribution is 7.90. The number of benzene rings is 2. The second-order valence-corrected chi connectivity index (χ2v) is 10.7. The maximum Gasteiger partial charge on any atom is 0.250 e. The van der Waals surface area contributed by atoms with Crippen molar-refractivity contribution in [1.29, 1.82) is 0 Å². The molecule has 0 aliphatic carbocycles. The Morgan fingerprint density at radius 2 is 1.66 bits per heavy atom. The van der Waals surface area contributed by atoms with Crippen LogP contribution in [0.2, 0.25) is 10.0 Å². The summed E-state index contributed by atoms with van der Waals surface area (Å²) in [5, 5.41) is 0.449. The molecule has 0 saturated carbocycles. The van der Waals surface area contributed by atoms with Crippen LogP contribution in [-0.2, 0) is 29.1 Å². The number of aryl methyl sites for hydroxylation is 2. The lowest BCUT2D eigenvalue weighted by Crippen LogP contribution is -2.17. The van der Waals surface area contributed by atoms with E-state index in [1.165, 1.54) is 10.6 Å². The molecular formula is C24H23Cl2NO4S. The van der Waals surface area contributed by atoms with Crippen LogP contribution < -0.4 is 5.56 Å². The third-order valence-electron chi connectivity index (χ3n) is 5.33. The summed E-state index contributed by atoms with van der Waals surface area (Å²) in [5.74, 6) is -0.514. The summed E-state index contributed by atoms with van der Waals surface area (Å²) in [4.78, 5) is 25.7. The molecule has 5 nitrogen and oxygen atoms in total. The molecule has 1 heterocycles. The van der Waals surface area contributed by atoms with E-state index in [-0.39, 0.29) is 38.5 Å². The molecule has 0 aliphatic rings. The quantitative estimate of drug-likeness (QED) is 0.431. The van der Waals surface area contributed by atoms with Crippen molar-refractivity contribution in [3.63, 3.8) is 0 Å². The summed E-state index contributed by atoms with van der Waals surface area (Å²) >= 11 is 12.6. The molecule has 32 heavy (non-hydrogen) atoms. The highest BCUT2D eigenvalue weighted by Gasteiger charge is 2.23. The first-order valence-corrected chi connectivity index (χ1v) is 12.7. The Kier molecular flexibility index (Phi) is 7.28. The first-order valence-electron chi connectivity index (χ1n) is 10.1. The van der Waals surface area contributed by atoms with E-state index in [0.717, 1.165) is 5.56 Å². The number of hydrogen-bond acceptors (Lipinski definition) is 4. The van der Waals surface area contributed by atoms with E-state index in [4.69, 9.17) is 23.2 Å². The van der Waals surface area contributed by atoms with Crippen molar-refractivity contribution in [2.45, 2.75) is 26.0 Å². The molecule has 1 aromatic heterocycles. The molecule has 0 saturated heterocycles. The minimum atomic E-state index is -3.28. The van der Waals surface area contributed by atoms with Gasteiger partial charge in [-0.15, -0.1) is 0 Å². The number of sulfone groups is 1. The number of ketones is 1. The third kappa shape index (κ3) is 4.98. The number of carbonyl (C=O) groups excluding carboxylic acids is 1. The van der Waals surface area contributed by atoms with Crippen LogP contribution in [-0.4, -0.2) is 24.5 Å². The Morgan fingerprint density at radius 3 is 2.25 bits per heavy atom. The second kappa shape index (κ2) is 9.61. The summed E-state index contributed by atoms with van der Waals surface area (Å²) in [5.41, 5.74) is 2.85. The van der Waals surface area contributed by atoms with E-state index >= 15 is 0 Å². The first-order chi connectivity index (χ1) is 15.1. The van der Waals surface area contributed by atoms with Gasteiger partial charge in [-0.3, -0.25) is 9.59 Å². The third-order valence-corrected chi connectivity index (χ3v) is 7.61. The molecule has 0 spiro atoms. The molecule has 0 unspecified atom stereocenters. The zero-order valence-corrected chi connectivity index (χ0v) is 20.3. The van der Waals surface area contributed by atoms with Crippen molar-refractivity contribution in [3.8, 4) is 11.1 Å². The highest BCUT2D eigenvalue weighted by atomic mass is 35.5. The predicted molar refractivity (Wildman–Crippen MR) is 130 cm³/mol. The van der Waals surface area contributed by atoms with E-state index in [1.54, 1.807) is 56.6 Å². The van der Waals surface area contributed by atoms with Crippen LogP contribution in [0.15, 0.2) is 53.5 Å². The van der Waals surface area contributed by atoms with Gasteiger partial charge in [-0.25, -0.2) is 8.42 Å². The van der Waals surface area contributed by atoms with Crippen LogP contribution in [0.25, 0.3) is 11.1 Å². The number of nitrogens with zero attached hydrogens (tertiary/aromatic N) is 1. The number of hydrogen-bond donors (Lipinski definition) is 0. The van der Waals surface area contributed by atoms with Gasteiger partial charge in [0.15, 0.2) is 15.6 Å². The second-order valence-electron chi connectivity index (χ2n) is 7.50. The summed E-state index contributed by atoms with van der Waals surface area (Å²) in [6.07, 6.45) is 2.23. The normalized spacial score (nSPS) is 11.5. The molecule has 168 valence electrons. The molecule has 0 radical (unpaired) electrons. The molecule has 8 heteroatoms. The first kappa shape index (κ1) is 24.2. The summed E-state index contributed by atoms with van der Waals surface area (Å²) in [7, 11) is -1.66. The Balaban J connectivity index is 2.31. The van der Waals surface area contributed by atoms with Gasteiger partial charge in [0.05, 0.1) is 21.4 Å². The van der Waals surface area contributed by atoms with Crippen molar-refractivity contribution < 1.29 is 13.2 Å². The van der Waals surface area contributed by atoms with Crippen LogP contribution in [0, 0.1) is 0 Å². The zero-order chi connectivity index (χ0) is 23.6. The van der Waals surface area contributed by atoms with E-state index in [0.29, 0.717) is 28.7 Å². The van der Waals surface area contributed by atoms with Crippen LogP contribution in [0.4, 0.5) is 0 Å². The molecular weight excluding hydrogens is 469 g/mol. The smallest absolute Gasteiger partial charge is 0.250 e. The molecule has 0 fully saturated rings. The van der Waals surface area contributed by atoms with Gasteiger partial charge >= 0.3 is 0 Å². The molecule has 3 aromatic rings. The molecule has 2 aromatic carbocycles. The molecule has 0 bridgehead atoms. The lowest BCUT2D eigenvalue weighted by Gasteiger charge is -2.16. The molecule has 0 aliphatic heterocycles. The monoisotopic (exact) mass is 491 g/mol.